The average molecular weight is 671 g/mol. The van der Waals surface area contributed by atoms with Gasteiger partial charge >= 0.3 is 0 Å². The highest BCUT2D eigenvalue weighted by Crippen LogP contribution is 2.21. The van der Waals surface area contributed by atoms with E-state index < -0.39 is 0 Å². The van der Waals surface area contributed by atoms with Gasteiger partial charge in [-0.1, -0.05) is 256 Å². The van der Waals surface area contributed by atoms with Crippen molar-refractivity contribution in [1.29, 1.82) is 0 Å². The van der Waals surface area contributed by atoms with E-state index in [-0.39, 0.29) is 0 Å². The summed E-state index contributed by atoms with van der Waals surface area (Å²) >= 11 is 0. The van der Waals surface area contributed by atoms with Crippen molar-refractivity contribution < 1.29 is 9.78 Å². The highest BCUT2D eigenvalue weighted by atomic mass is 17.2. The molecule has 1 aromatic rings. The Hall–Kier alpha value is -0.860. The topological polar surface area (TPSA) is 18.5 Å². The molecule has 1 unspecified atom stereocenters. The third kappa shape index (κ3) is 33.6. The van der Waals surface area contributed by atoms with Gasteiger partial charge in [0.15, 0.2) is 0 Å². The highest BCUT2D eigenvalue weighted by Gasteiger charge is 2.10. The Morgan fingerprint density at radius 1 is 0.354 bits per heavy atom. The molecule has 48 heavy (non-hydrogen) atoms. The lowest BCUT2D eigenvalue weighted by Gasteiger charge is -2.16. The van der Waals surface area contributed by atoms with Gasteiger partial charge in [0.1, 0.15) is 6.61 Å². The Bertz CT molecular complexity index is 703. The molecule has 2 nitrogen and oxygen atoms in total. The SMILES string of the molecule is CCCCCCCCCCCCCCCCCCCC(CCCCCCCCCCCCCCCCCC)COOCc1ccccc1. The van der Waals surface area contributed by atoms with Crippen LogP contribution < -0.4 is 0 Å². The maximum atomic E-state index is 5.76. The second-order valence-electron chi connectivity index (χ2n) is 15.4. The lowest BCUT2D eigenvalue weighted by atomic mass is 9.94. The van der Waals surface area contributed by atoms with Crippen LogP contribution in [0.1, 0.15) is 244 Å². The monoisotopic (exact) mass is 671 g/mol. The molecule has 0 N–H and O–H groups in total. The molecule has 282 valence electrons. The van der Waals surface area contributed by atoms with Crippen molar-refractivity contribution in [2.24, 2.45) is 5.92 Å². The van der Waals surface area contributed by atoms with Crippen molar-refractivity contribution in [1.82, 2.24) is 0 Å². The summed E-state index contributed by atoms with van der Waals surface area (Å²) in [7, 11) is 0. The van der Waals surface area contributed by atoms with E-state index in [2.05, 4.69) is 44.2 Å². The molecule has 0 aromatic heterocycles. The molecule has 1 rings (SSSR count). The molecular formula is C46H86O2. The third-order valence-electron chi connectivity index (χ3n) is 10.6. The summed E-state index contributed by atoms with van der Waals surface area (Å²) < 4.78 is 0. The standard InChI is InChI=1S/C46H86O2/c1-3-5-7-9-11-13-15-17-19-21-23-25-27-29-31-33-36-40-45(43-47-48-44-46-41-37-34-38-42-46)39-35-32-30-28-26-24-22-20-18-16-14-12-10-8-6-4-2/h34,37-38,41-42,45H,3-33,35-36,39-40,43-44H2,1-2H3. The summed E-state index contributed by atoms with van der Waals surface area (Å²) in [4.78, 5) is 11.4. The van der Waals surface area contributed by atoms with Gasteiger partial charge in [0.2, 0.25) is 0 Å². The van der Waals surface area contributed by atoms with Crippen LogP contribution in [0.5, 0.6) is 0 Å². The van der Waals surface area contributed by atoms with Crippen molar-refractivity contribution in [2.45, 2.75) is 245 Å². The zero-order chi connectivity index (χ0) is 34.3. The second kappa shape index (κ2) is 38.9. The fraction of sp³-hybridized carbons (Fsp3) is 0.870. The van der Waals surface area contributed by atoms with E-state index in [1.54, 1.807) is 0 Å². The smallest absolute Gasteiger partial charge is 0.107 e. The minimum atomic E-state index is 0.547. The molecule has 0 bridgehead atoms. The van der Waals surface area contributed by atoms with Crippen molar-refractivity contribution >= 4 is 0 Å². The second-order valence-corrected chi connectivity index (χ2v) is 15.4. The quantitative estimate of drug-likeness (QED) is 0.0393. The van der Waals surface area contributed by atoms with Crippen molar-refractivity contribution in [3.63, 3.8) is 0 Å². The molecule has 1 atom stereocenters. The lowest BCUT2D eigenvalue weighted by molar-refractivity contribution is -0.311. The Kier molecular flexibility index (Phi) is 36.6. The van der Waals surface area contributed by atoms with Gasteiger partial charge in [0.05, 0.1) is 6.61 Å². The van der Waals surface area contributed by atoms with Crippen LogP contribution in [0.2, 0.25) is 0 Å². The molecule has 0 radical (unpaired) electrons. The minimum Gasteiger partial charge on any atom is -0.236 e. The predicted molar refractivity (Wildman–Crippen MR) is 214 cm³/mol. The Morgan fingerprint density at radius 3 is 0.958 bits per heavy atom. The predicted octanol–water partition coefficient (Wildman–Crippen LogP) is 16.4. The van der Waals surface area contributed by atoms with Crippen LogP contribution >= 0.6 is 0 Å². The Labute approximate surface area is 302 Å². The van der Waals surface area contributed by atoms with Crippen LogP contribution in [-0.4, -0.2) is 6.61 Å². The van der Waals surface area contributed by atoms with Crippen molar-refractivity contribution in [3.8, 4) is 0 Å². The largest absolute Gasteiger partial charge is 0.236 e. The molecule has 0 aliphatic carbocycles. The van der Waals surface area contributed by atoms with Gasteiger partial charge in [-0.15, -0.1) is 0 Å². The van der Waals surface area contributed by atoms with E-state index in [1.165, 1.54) is 230 Å². The fourth-order valence-corrected chi connectivity index (χ4v) is 7.28. The summed E-state index contributed by atoms with van der Waals surface area (Å²) in [5.74, 6) is 0.642. The first-order chi connectivity index (χ1) is 23.9. The van der Waals surface area contributed by atoms with Gasteiger partial charge in [-0.05, 0) is 24.3 Å². The summed E-state index contributed by atoms with van der Waals surface area (Å²) in [5.41, 5.74) is 1.18. The molecular weight excluding hydrogens is 585 g/mol. The van der Waals surface area contributed by atoms with Crippen LogP contribution in [0.4, 0.5) is 0 Å². The van der Waals surface area contributed by atoms with Gasteiger partial charge in [0.25, 0.3) is 0 Å². The number of hydrogen-bond donors (Lipinski definition) is 0. The van der Waals surface area contributed by atoms with Crippen molar-refractivity contribution in [3.05, 3.63) is 35.9 Å². The van der Waals surface area contributed by atoms with Gasteiger partial charge < -0.3 is 0 Å². The number of rotatable bonds is 40. The molecule has 0 spiro atoms. The molecule has 1 aromatic carbocycles. The minimum absolute atomic E-state index is 0.547. The molecule has 0 saturated heterocycles. The van der Waals surface area contributed by atoms with Gasteiger partial charge in [-0.25, -0.2) is 9.78 Å². The van der Waals surface area contributed by atoms with Gasteiger partial charge in [-0.3, -0.25) is 0 Å². The molecule has 0 heterocycles. The lowest BCUT2D eigenvalue weighted by Crippen LogP contribution is -2.11. The molecule has 0 saturated carbocycles. The first-order valence-corrected chi connectivity index (χ1v) is 22.1. The summed E-state index contributed by atoms with van der Waals surface area (Å²) in [6.07, 6.45) is 50.0. The van der Waals surface area contributed by atoms with E-state index in [9.17, 15) is 0 Å². The molecule has 0 aliphatic rings. The third-order valence-corrected chi connectivity index (χ3v) is 10.6. The molecule has 0 amide bonds. The van der Waals surface area contributed by atoms with E-state index in [4.69, 9.17) is 9.78 Å². The average Bonchev–Trinajstić information content (AvgIpc) is 3.11. The summed E-state index contributed by atoms with van der Waals surface area (Å²) in [5, 5.41) is 0. The van der Waals surface area contributed by atoms with Crippen LogP contribution in [0.25, 0.3) is 0 Å². The van der Waals surface area contributed by atoms with Crippen molar-refractivity contribution in [2.75, 3.05) is 6.61 Å². The molecule has 0 aliphatic heterocycles. The van der Waals surface area contributed by atoms with E-state index in [1.807, 2.05) is 0 Å². The van der Waals surface area contributed by atoms with Gasteiger partial charge in [-0.2, -0.15) is 0 Å². The zero-order valence-electron chi connectivity index (χ0n) is 32.9. The van der Waals surface area contributed by atoms with E-state index >= 15 is 0 Å². The molecule has 0 fully saturated rings. The van der Waals surface area contributed by atoms with Crippen LogP contribution in [-0.2, 0) is 16.4 Å². The first-order valence-electron chi connectivity index (χ1n) is 22.1. The van der Waals surface area contributed by atoms with E-state index in [0.29, 0.717) is 12.5 Å². The van der Waals surface area contributed by atoms with Crippen LogP contribution in [0.3, 0.4) is 0 Å². The van der Waals surface area contributed by atoms with Gasteiger partial charge in [0, 0.05) is 0 Å². The maximum absolute atomic E-state index is 5.76. The summed E-state index contributed by atoms with van der Waals surface area (Å²) in [6.45, 7) is 5.91. The Morgan fingerprint density at radius 2 is 0.646 bits per heavy atom. The maximum Gasteiger partial charge on any atom is 0.107 e. The fourth-order valence-electron chi connectivity index (χ4n) is 7.28. The van der Waals surface area contributed by atoms with E-state index in [0.717, 1.165) is 6.61 Å². The number of unbranched alkanes of at least 4 members (excludes halogenated alkanes) is 31. The zero-order valence-corrected chi connectivity index (χ0v) is 32.9. The number of benzene rings is 1. The van der Waals surface area contributed by atoms with Crippen LogP contribution in [0.15, 0.2) is 30.3 Å². The highest BCUT2D eigenvalue weighted by molar-refractivity contribution is 5.13. The normalized spacial score (nSPS) is 12.2. The number of hydrogen-bond acceptors (Lipinski definition) is 2. The summed E-state index contributed by atoms with van der Waals surface area (Å²) in [6, 6.07) is 10.4. The first kappa shape index (κ1) is 45.2. The molecule has 2 heteroatoms. The Balaban J connectivity index is 2.03. The van der Waals surface area contributed by atoms with Crippen LogP contribution in [0, 0.1) is 5.92 Å².